The number of amides is 3. The molecular formula is C27H28N4O5. The number of hydrogen-bond donors (Lipinski definition) is 3. The lowest BCUT2D eigenvalue weighted by Crippen LogP contribution is -2.32. The number of benzene rings is 3. The van der Waals surface area contributed by atoms with Crippen LogP contribution in [0.2, 0.25) is 0 Å². The number of methoxy groups -OCH3 is 1. The van der Waals surface area contributed by atoms with Crippen molar-refractivity contribution in [1.82, 2.24) is 5.43 Å². The minimum Gasteiger partial charge on any atom is -0.493 e. The third kappa shape index (κ3) is 7.17. The molecule has 3 aromatic carbocycles. The lowest BCUT2D eigenvalue weighted by Gasteiger charge is -2.13. The summed E-state index contributed by atoms with van der Waals surface area (Å²) in [5.41, 5.74) is 7.11. The Bertz CT molecular complexity index is 1290. The largest absolute Gasteiger partial charge is 0.493 e. The maximum absolute atomic E-state index is 12.3. The van der Waals surface area contributed by atoms with Gasteiger partial charge in [-0.2, -0.15) is 5.10 Å². The summed E-state index contributed by atoms with van der Waals surface area (Å²) >= 11 is 0. The first-order valence-electron chi connectivity index (χ1n) is 11.1. The predicted molar refractivity (Wildman–Crippen MR) is 139 cm³/mol. The van der Waals surface area contributed by atoms with Gasteiger partial charge >= 0.3 is 11.8 Å². The minimum absolute atomic E-state index is 0.205. The summed E-state index contributed by atoms with van der Waals surface area (Å²) in [5.74, 6) is -1.30. The molecule has 0 saturated carbocycles. The highest BCUT2D eigenvalue weighted by Crippen LogP contribution is 2.27. The molecule has 0 spiro atoms. The van der Waals surface area contributed by atoms with Crippen LogP contribution >= 0.6 is 0 Å². The van der Waals surface area contributed by atoms with Crippen molar-refractivity contribution in [2.24, 2.45) is 5.10 Å². The van der Waals surface area contributed by atoms with Gasteiger partial charge in [0.2, 0.25) is 0 Å². The third-order valence-electron chi connectivity index (χ3n) is 5.32. The summed E-state index contributed by atoms with van der Waals surface area (Å²) in [7, 11) is 1.47. The molecule has 0 aliphatic carbocycles. The van der Waals surface area contributed by atoms with E-state index in [0.717, 1.165) is 22.4 Å². The van der Waals surface area contributed by atoms with Gasteiger partial charge in [0, 0.05) is 11.4 Å². The molecule has 0 atom stereocenters. The third-order valence-corrected chi connectivity index (χ3v) is 5.32. The van der Waals surface area contributed by atoms with E-state index in [4.69, 9.17) is 9.47 Å². The summed E-state index contributed by atoms with van der Waals surface area (Å²) in [4.78, 5) is 36.3. The fourth-order valence-electron chi connectivity index (χ4n) is 3.14. The Morgan fingerprint density at radius 1 is 0.889 bits per heavy atom. The molecule has 3 aromatic rings. The Morgan fingerprint density at radius 3 is 2.36 bits per heavy atom. The van der Waals surface area contributed by atoms with Crippen LogP contribution in [0.15, 0.2) is 65.8 Å². The van der Waals surface area contributed by atoms with Crippen LogP contribution in [0.1, 0.15) is 22.3 Å². The van der Waals surface area contributed by atoms with E-state index in [1.165, 1.54) is 13.3 Å². The summed E-state index contributed by atoms with van der Waals surface area (Å²) in [5, 5.41) is 9.14. The highest BCUT2D eigenvalue weighted by molar-refractivity contribution is 6.39. The fourth-order valence-corrected chi connectivity index (χ4v) is 3.14. The second-order valence-electron chi connectivity index (χ2n) is 8.01. The molecule has 0 bridgehead atoms. The topological polar surface area (TPSA) is 118 Å². The molecule has 0 heterocycles. The summed E-state index contributed by atoms with van der Waals surface area (Å²) in [6.45, 7) is 5.63. The van der Waals surface area contributed by atoms with Crippen molar-refractivity contribution in [1.29, 1.82) is 0 Å². The Kier molecular flexibility index (Phi) is 8.77. The Hall–Kier alpha value is -4.66. The second kappa shape index (κ2) is 12.2. The molecular weight excluding hydrogens is 460 g/mol. The maximum Gasteiger partial charge on any atom is 0.329 e. The van der Waals surface area contributed by atoms with Crippen molar-refractivity contribution in [2.45, 2.75) is 20.8 Å². The molecule has 0 aromatic heterocycles. The smallest absolute Gasteiger partial charge is 0.329 e. The molecule has 3 amide bonds. The molecule has 3 rings (SSSR count). The highest BCUT2D eigenvalue weighted by Gasteiger charge is 2.13. The van der Waals surface area contributed by atoms with Crippen LogP contribution in [0.3, 0.4) is 0 Å². The number of hydrogen-bond acceptors (Lipinski definition) is 6. The van der Waals surface area contributed by atoms with Crippen molar-refractivity contribution in [3.8, 4) is 11.5 Å². The van der Waals surface area contributed by atoms with Gasteiger partial charge in [-0.1, -0.05) is 29.8 Å². The van der Waals surface area contributed by atoms with Crippen molar-refractivity contribution < 1.29 is 23.9 Å². The maximum atomic E-state index is 12.3. The Balaban J connectivity index is 1.53. The molecule has 0 fully saturated rings. The normalized spacial score (nSPS) is 10.6. The van der Waals surface area contributed by atoms with Crippen molar-refractivity contribution in [3.05, 3.63) is 82.9 Å². The second-order valence-corrected chi connectivity index (χ2v) is 8.01. The van der Waals surface area contributed by atoms with E-state index in [2.05, 4.69) is 21.2 Å². The number of hydrazone groups is 1. The van der Waals surface area contributed by atoms with E-state index in [1.54, 1.807) is 30.3 Å². The molecule has 0 aliphatic heterocycles. The van der Waals surface area contributed by atoms with Gasteiger partial charge in [-0.25, -0.2) is 5.43 Å². The summed E-state index contributed by atoms with van der Waals surface area (Å²) in [6.07, 6.45) is 1.36. The van der Waals surface area contributed by atoms with E-state index in [0.29, 0.717) is 22.7 Å². The van der Waals surface area contributed by atoms with Crippen LogP contribution in [-0.4, -0.2) is 37.7 Å². The van der Waals surface area contributed by atoms with Crippen LogP contribution in [0.25, 0.3) is 0 Å². The zero-order chi connectivity index (χ0) is 26.1. The monoisotopic (exact) mass is 488 g/mol. The molecule has 0 aliphatic rings. The van der Waals surface area contributed by atoms with Gasteiger partial charge in [0.1, 0.15) is 0 Å². The van der Waals surface area contributed by atoms with Crippen LogP contribution < -0.4 is 25.5 Å². The van der Waals surface area contributed by atoms with Gasteiger partial charge in [0.25, 0.3) is 5.91 Å². The zero-order valence-electron chi connectivity index (χ0n) is 20.5. The summed E-state index contributed by atoms with van der Waals surface area (Å²) in [6, 6.07) is 17.6. The molecule has 186 valence electrons. The first kappa shape index (κ1) is 26.0. The average molecular weight is 489 g/mol. The number of nitrogens with one attached hydrogen (secondary N) is 3. The van der Waals surface area contributed by atoms with E-state index >= 15 is 0 Å². The quantitative estimate of drug-likeness (QED) is 0.254. The molecule has 0 unspecified atom stereocenters. The van der Waals surface area contributed by atoms with E-state index in [1.807, 2.05) is 51.1 Å². The number of rotatable bonds is 8. The predicted octanol–water partition coefficient (Wildman–Crippen LogP) is 3.73. The van der Waals surface area contributed by atoms with Crippen LogP contribution in [0, 0.1) is 20.8 Å². The molecule has 3 N–H and O–H groups in total. The molecule has 9 nitrogen and oxygen atoms in total. The average Bonchev–Trinajstić information content (AvgIpc) is 2.87. The number of aryl methyl sites for hydroxylation is 2. The van der Waals surface area contributed by atoms with Crippen LogP contribution in [-0.2, 0) is 14.4 Å². The zero-order valence-corrected chi connectivity index (χ0v) is 20.5. The number of carbonyl (C=O) groups is 3. The fraction of sp³-hybridized carbons (Fsp3) is 0.185. The van der Waals surface area contributed by atoms with Crippen LogP contribution in [0.5, 0.6) is 11.5 Å². The van der Waals surface area contributed by atoms with Gasteiger partial charge in [-0.3, -0.25) is 14.4 Å². The van der Waals surface area contributed by atoms with Crippen molar-refractivity contribution in [2.75, 3.05) is 24.4 Å². The lowest BCUT2D eigenvalue weighted by molar-refractivity contribution is -0.136. The van der Waals surface area contributed by atoms with E-state index in [9.17, 15) is 14.4 Å². The molecule has 0 radical (unpaired) electrons. The molecule has 0 saturated heterocycles. The number of nitrogens with zero attached hydrogens (tertiary/aromatic N) is 1. The standard InChI is InChI=1S/C27H28N4O5/c1-17-8-11-21(12-9-17)29-26(33)27(34)31-28-15-20-10-13-23(24(14-20)35-4)36-16-25(32)30-22-7-5-6-18(2)19(22)3/h5-15H,16H2,1-4H3,(H,29,33)(H,30,32)(H,31,34)/b28-15-. The molecule has 36 heavy (non-hydrogen) atoms. The first-order valence-corrected chi connectivity index (χ1v) is 11.1. The summed E-state index contributed by atoms with van der Waals surface area (Å²) < 4.78 is 11.0. The molecule has 9 heteroatoms. The minimum atomic E-state index is -0.909. The Labute approximate surface area is 209 Å². The van der Waals surface area contributed by atoms with Gasteiger partial charge in [0.15, 0.2) is 18.1 Å². The van der Waals surface area contributed by atoms with Gasteiger partial charge in [0.05, 0.1) is 13.3 Å². The first-order chi connectivity index (χ1) is 17.3. The number of ether oxygens (including phenoxy) is 2. The van der Waals surface area contributed by atoms with Gasteiger partial charge in [-0.05, 0) is 73.9 Å². The number of anilines is 2. The SMILES string of the molecule is COc1cc(/C=N\NC(=O)C(=O)Nc2ccc(C)cc2)ccc1OCC(=O)Nc1cccc(C)c1C. The highest BCUT2D eigenvalue weighted by atomic mass is 16.5. The van der Waals surface area contributed by atoms with E-state index in [-0.39, 0.29) is 12.5 Å². The van der Waals surface area contributed by atoms with Crippen molar-refractivity contribution >= 4 is 35.3 Å². The number of carbonyl (C=O) groups excluding carboxylic acids is 3. The lowest BCUT2D eigenvalue weighted by atomic mass is 10.1. The van der Waals surface area contributed by atoms with Crippen LogP contribution in [0.4, 0.5) is 11.4 Å². The van der Waals surface area contributed by atoms with Gasteiger partial charge in [-0.15, -0.1) is 0 Å². The van der Waals surface area contributed by atoms with E-state index < -0.39 is 11.8 Å². The van der Waals surface area contributed by atoms with Gasteiger partial charge < -0.3 is 20.1 Å². The Morgan fingerprint density at radius 2 is 1.64 bits per heavy atom. The van der Waals surface area contributed by atoms with Crippen molar-refractivity contribution in [3.63, 3.8) is 0 Å².